The van der Waals surface area contributed by atoms with Crippen LogP contribution in [0.5, 0.6) is 0 Å². The summed E-state index contributed by atoms with van der Waals surface area (Å²) >= 11 is -2.47. The first kappa shape index (κ1) is 20.6. The number of benzene rings is 4. The first-order chi connectivity index (χ1) is 16.9. The van der Waals surface area contributed by atoms with Crippen molar-refractivity contribution in [3.8, 4) is 0 Å². The van der Waals surface area contributed by atoms with Crippen LogP contribution in [0.3, 0.4) is 0 Å². The zero-order chi connectivity index (χ0) is 22.5. The third-order valence-electron chi connectivity index (χ3n) is 7.84. The normalized spacial score (nSPS) is 23.0. The van der Waals surface area contributed by atoms with Gasteiger partial charge in [-0.3, -0.25) is 0 Å². The molecule has 1 aliphatic heterocycles. The Kier molecular flexibility index (Phi) is 5.14. The van der Waals surface area contributed by atoms with E-state index in [1.165, 1.54) is 35.1 Å². The molecule has 7 rings (SSSR count). The van der Waals surface area contributed by atoms with E-state index in [4.69, 9.17) is 0 Å². The number of hydrogen-bond acceptors (Lipinski definition) is 0. The maximum atomic E-state index is 2.50. The molecule has 0 N–H and O–H groups in total. The average molecular weight is 633 g/mol. The second-order valence-corrected chi connectivity index (χ2v) is 18.0. The van der Waals surface area contributed by atoms with Crippen LogP contribution >= 0.6 is 0 Å². The van der Waals surface area contributed by atoms with Gasteiger partial charge in [-0.05, 0) is 0 Å². The number of rotatable bonds is 4. The Labute approximate surface area is 210 Å². The predicted octanol–water partition coefficient (Wildman–Crippen LogP) is 6.49. The van der Waals surface area contributed by atoms with Crippen molar-refractivity contribution in [2.75, 3.05) is 0 Å². The number of allylic oxidation sites excluding steroid dienone is 2. The van der Waals surface area contributed by atoms with Crippen molar-refractivity contribution in [3.63, 3.8) is 0 Å². The molecule has 0 nitrogen and oxygen atoms in total. The fraction of sp³-hybridized carbons (Fsp3) is 0.152. The summed E-state index contributed by atoms with van der Waals surface area (Å²) in [5.41, 5.74) is 7.20. The molecule has 0 spiro atoms. The molecule has 34 heavy (non-hydrogen) atoms. The zero-order valence-electron chi connectivity index (χ0n) is 19.1. The summed E-state index contributed by atoms with van der Waals surface area (Å²) in [4.78, 5) is 0. The Bertz CT molecular complexity index is 1400. The van der Waals surface area contributed by atoms with Crippen LogP contribution in [-0.4, -0.2) is 21.8 Å². The molecule has 0 aromatic heterocycles. The molecule has 1 saturated carbocycles. The monoisotopic (exact) mass is 632 g/mol. The van der Waals surface area contributed by atoms with Crippen LogP contribution in [0, 0.1) is 11.8 Å². The van der Waals surface area contributed by atoms with Crippen LogP contribution in [0.1, 0.15) is 41.0 Å². The van der Waals surface area contributed by atoms with Crippen molar-refractivity contribution in [2.45, 2.75) is 18.8 Å². The van der Waals surface area contributed by atoms with Crippen LogP contribution in [-0.2, 0) is 0 Å². The third-order valence-corrected chi connectivity index (χ3v) is 18.0. The maximum absolute atomic E-state index is 2.50. The standard InChI is InChI=1S/C20H14.C13H13.Bi/c1-4-10-17(11-5-1)16-20(18-12-6-2-7-13-18)19-14-8-3-9-15-19;1-2-4-11(5-3-1)13-9-10-6-7-12(13)8-10;/h1-14H;2-7,10,12-13H,8-9H2;. The van der Waals surface area contributed by atoms with Gasteiger partial charge in [-0.15, -0.1) is 0 Å². The first-order valence-electron chi connectivity index (χ1n) is 12.4. The van der Waals surface area contributed by atoms with Crippen LogP contribution < -0.4 is 6.54 Å². The second-order valence-electron chi connectivity index (χ2n) is 9.79. The Morgan fingerprint density at radius 3 is 1.94 bits per heavy atom. The van der Waals surface area contributed by atoms with E-state index in [0.717, 1.165) is 17.8 Å². The molecule has 3 atom stereocenters. The molecule has 0 amide bonds. The minimum atomic E-state index is -2.47. The van der Waals surface area contributed by atoms with Crippen LogP contribution in [0.4, 0.5) is 0 Å². The van der Waals surface area contributed by atoms with Gasteiger partial charge in [0.2, 0.25) is 0 Å². The van der Waals surface area contributed by atoms with Crippen molar-refractivity contribution in [1.82, 2.24) is 0 Å². The molecule has 0 saturated heterocycles. The van der Waals surface area contributed by atoms with Gasteiger partial charge >= 0.3 is 211 Å². The Morgan fingerprint density at radius 2 is 1.26 bits per heavy atom. The Hall–Kier alpha value is -2.76. The summed E-state index contributed by atoms with van der Waals surface area (Å²) in [5, 5.41) is 0. The second kappa shape index (κ2) is 8.47. The SMILES string of the molecule is C1=CC2CC1CC2c1cc[c]([Bi]2[C](c3ccccc3)=C(c3ccccc3)c3cccc[c]32)cc1. The van der Waals surface area contributed by atoms with Gasteiger partial charge in [0.25, 0.3) is 0 Å². The van der Waals surface area contributed by atoms with Crippen LogP contribution in [0.15, 0.2) is 121 Å². The fourth-order valence-corrected chi connectivity index (χ4v) is 17.1. The van der Waals surface area contributed by atoms with Gasteiger partial charge in [-0.1, -0.05) is 0 Å². The molecule has 1 fully saturated rings. The van der Waals surface area contributed by atoms with Crippen molar-refractivity contribution in [3.05, 3.63) is 144 Å². The van der Waals surface area contributed by atoms with E-state index >= 15 is 0 Å². The molecule has 2 bridgehead atoms. The summed E-state index contributed by atoms with van der Waals surface area (Å²) in [6, 6.07) is 41.4. The summed E-state index contributed by atoms with van der Waals surface area (Å²) in [7, 11) is 0. The van der Waals surface area contributed by atoms with Crippen LogP contribution in [0.25, 0.3) is 8.85 Å². The van der Waals surface area contributed by atoms with Crippen molar-refractivity contribution in [2.24, 2.45) is 11.8 Å². The average Bonchev–Trinajstić information content (AvgIpc) is 3.63. The molecular formula is C33H27Bi. The van der Waals surface area contributed by atoms with E-state index in [9.17, 15) is 0 Å². The number of fused-ring (bicyclic) bond motifs is 3. The van der Waals surface area contributed by atoms with Gasteiger partial charge in [0, 0.05) is 0 Å². The summed E-state index contributed by atoms with van der Waals surface area (Å²) < 4.78 is 4.83. The zero-order valence-corrected chi connectivity index (χ0v) is 22.6. The van der Waals surface area contributed by atoms with Crippen molar-refractivity contribution < 1.29 is 0 Å². The van der Waals surface area contributed by atoms with E-state index in [2.05, 4.69) is 121 Å². The first-order valence-corrected chi connectivity index (χ1v) is 17.6. The summed E-state index contributed by atoms with van der Waals surface area (Å²) in [6.45, 7) is 0. The molecule has 3 aliphatic rings. The quantitative estimate of drug-likeness (QED) is 0.178. The fourth-order valence-electron chi connectivity index (χ4n) is 6.31. The van der Waals surface area contributed by atoms with E-state index < -0.39 is 21.8 Å². The van der Waals surface area contributed by atoms with Gasteiger partial charge < -0.3 is 0 Å². The van der Waals surface area contributed by atoms with Gasteiger partial charge in [0.05, 0.1) is 0 Å². The van der Waals surface area contributed by atoms with E-state index in [0.29, 0.717) is 0 Å². The van der Waals surface area contributed by atoms with Gasteiger partial charge in [-0.25, -0.2) is 0 Å². The van der Waals surface area contributed by atoms with Gasteiger partial charge in [-0.2, -0.15) is 0 Å². The molecule has 3 unspecified atom stereocenters. The van der Waals surface area contributed by atoms with Crippen LogP contribution in [0.2, 0.25) is 0 Å². The molecule has 164 valence electrons. The molecule has 1 heteroatoms. The predicted molar refractivity (Wildman–Crippen MR) is 145 cm³/mol. The summed E-state index contributed by atoms with van der Waals surface area (Å²) in [6.07, 6.45) is 7.62. The third kappa shape index (κ3) is 3.37. The molecule has 0 radical (unpaired) electrons. The summed E-state index contributed by atoms with van der Waals surface area (Å²) in [5.74, 6) is 2.30. The molecule has 2 aliphatic carbocycles. The molecule has 4 aromatic carbocycles. The van der Waals surface area contributed by atoms with Gasteiger partial charge in [0.15, 0.2) is 0 Å². The molecule has 4 aromatic rings. The Morgan fingerprint density at radius 1 is 0.588 bits per heavy atom. The molecular weight excluding hydrogens is 605 g/mol. The van der Waals surface area contributed by atoms with E-state index in [-0.39, 0.29) is 0 Å². The van der Waals surface area contributed by atoms with E-state index in [1.54, 1.807) is 15.4 Å². The minimum absolute atomic E-state index is 0.721. The van der Waals surface area contributed by atoms with E-state index in [1.807, 2.05) is 0 Å². The topological polar surface area (TPSA) is 0 Å². The van der Waals surface area contributed by atoms with Gasteiger partial charge in [0.1, 0.15) is 0 Å². The van der Waals surface area contributed by atoms with Crippen molar-refractivity contribution >= 4 is 37.1 Å². The Balaban J connectivity index is 1.39. The van der Waals surface area contributed by atoms with Crippen molar-refractivity contribution in [1.29, 1.82) is 0 Å². The molecule has 1 heterocycles. The number of hydrogen-bond donors (Lipinski definition) is 0.